The molecule has 9 nitrogen and oxygen atoms in total. The van der Waals surface area contributed by atoms with E-state index in [2.05, 4.69) is 25.7 Å². The first kappa shape index (κ1) is 21.1. The molecule has 0 bridgehead atoms. The highest BCUT2D eigenvalue weighted by Gasteiger charge is 2.23. The van der Waals surface area contributed by atoms with E-state index in [-0.39, 0.29) is 41.4 Å². The summed E-state index contributed by atoms with van der Waals surface area (Å²) >= 11 is 5.98. The number of aromatic nitrogens is 4. The van der Waals surface area contributed by atoms with Crippen molar-refractivity contribution in [2.45, 2.75) is 19.9 Å². The zero-order chi connectivity index (χ0) is 22.0. The summed E-state index contributed by atoms with van der Waals surface area (Å²) in [5.74, 6) is -0.759. The third-order valence-electron chi connectivity index (χ3n) is 5.18. The summed E-state index contributed by atoms with van der Waals surface area (Å²) in [7, 11) is 0. The van der Waals surface area contributed by atoms with E-state index in [4.69, 9.17) is 11.8 Å². The number of halogens is 2. The Morgan fingerprint density at radius 1 is 1.26 bits per heavy atom. The molecule has 0 spiro atoms. The number of hydrogen-bond donors (Lipinski definition) is 2. The van der Waals surface area contributed by atoms with Crippen molar-refractivity contribution in [3.05, 3.63) is 58.9 Å². The number of nitrogens with zero attached hydrogens (tertiary/aromatic N) is 5. The Labute approximate surface area is 182 Å². The van der Waals surface area contributed by atoms with E-state index in [0.29, 0.717) is 18.7 Å². The summed E-state index contributed by atoms with van der Waals surface area (Å²) in [4.78, 5) is 33.6. The molecule has 1 aliphatic rings. The molecule has 1 fully saturated rings. The standard InChI is InChI=1S/C20H21ClFN7O2/c1-12-6-13(2-3-15(12)22)8-23-18(30)16-7-17(29-20(27-16)25-11-26-29)19(31)24-9-14-4-5-28(21)10-14/h2-3,6-7,11,14H,4-5,8-10H2,1H3,(H,23,30)(H,24,31). The van der Waals surface area contributed by atoms with Crippen LogP contribution in [0, 0.1) is 18.7 Å². The van der Waals surface area contributed by atoms with E-state index in [9.17, 15) is 14.0 Å². The largest absolute Gasteiger partial charge is 0.350 e. The van der Waals surface area contributed by atoms with E-state index in [1.165, 1.54) is 23.0 Å². The fourth-order valence-electron chi connectivity index (χ4n) is 3.46. The summed E-state index contributed by atoms with van der Waals surface area (Å²) < 4.78 is 16.4. The third kappa shape index (κ3) is 4.80. The van der Waals surface area contributed by atoms with E-state index in [1.54, 1.807) is 23.5 Å². The molecule has 2 aromatic heterocycles. The van der Waals surface area contributed by atoms with Crippen molar-refractivity contribution in [2.75, 3.05) is 19.6 Å². The van der Waals surface area contributed by atoms with Crippen LogP contribution in [-0.2, 0) is 6.54 Å². The van der Waals surface area contributed by atoms with Gasteiger partial charge in [0.15, 0.2) is 0 Å². The summed E-state index contributed by atoms with van der Waals surface area (Å²) in [6.07, 6.45) is 2.17. The van der Waals surface area contributed by atoms with Crippen LogP contribution in [0.15, 0.2) is 30.6 Å². The van der Waals surface area contributed by atoms with Gasteiger partial charge in [-0.1, -0.05) is 12.1 Å². The number of amides is 2. The molecule has 11 heteroatoms. The number of hydrogen-bond acceptors (Lipinski definition) is 6. The quantitative estimate of drug-likeness (QED) is 0.560. The molecule has 0 aliphatic carbocycles. The van der Waals surface area contributed by atoms with Crippen LogP contribution in [-0.4, -0.2) is 55.4 Å². The average molecular weight is 446 g/mol. The monoisotopic (exact) mass is 445 g/mol. The topological polar surface area (TPSA) is 105 Å². The molecule has 0 radical (unpaired) electrons. The Balaban J connectivity index is 1.48. The van der Waals surface area contributed by atoms with E-state index < -0.39 is 5.91 Å². The van der Waals surface area contributed by atoms with Gasteiger partial charge < -0.3 is 10.6 Å². The molecular formula is C20H21ClFN7O2. The van der Waals surface area contributed by atoms with Gasteiger partial charge in [0.1, 0.15) is 23.5 Å². The van der Waals surface area contributed by atoms with Crippen LogP contribution in [0.5, 0.6) is 0 Å². The van der Waals surface area contributed by atoms with Crippen LogP contribution in [0.25, 0.3) is 5.78 Å². The van der Waals surface area contributed by atoms with Crippen LogP contribution in [0.3, 0.4) is 0 Å². The Hall–Kier alpha value is -3.11. The molecule has 2 N–H and O–H groups in total. The highest BCUT2D eigenvalue weighted by Crippen LogP contribution is 2.17. The van der Waals surface area contributed by atoms with Gasteiger partial charge in [0.2, 0.25) is 0 Å². The number of carbonyl (C=O) groups excluding carboxylic acids is 2. The van der Waals surface area contributed by atoms with Gasteiger partial charge in [-0.2, -0.15) is 14.6 Å². The minimum atomic E-state index is -0.477. The van der Waals surface area contributed by atoms with Crippen molar-refractivity contribution in [1.29, 1.82) is 0 Å². The van der Waals surface area contributed by atoms with Gasteiger partial charge in [0, 0.05) is 32.2 Å². The molecule has 162 valence electrons. The number of aryl methyl sites for hydroxylation is 1. The molecule has 1 atom stereocenters. The normalized spacial score (nSPS) is 16.5. The van der Waals surface area contributed by atoms with Crippen molar-refractivity contribution in [3.8, 4) is 0 Å². The molecule has 3 heterocycles. The molecule has 1 aromatic carbocycles. The van der Waals surface area contributed by atoms with Crippen LogP contribution in [0.4, 0.5) is 4.39 Å². The van der Waals surface area contributed by atoms with Gasteiger partial charge in [0.05, 0.1) is 0 Å². The van der Waals surface area contributed by atoms with Gasteiger partial charge >= 0.3 is 0 Å². The van der Waals surface area contributed by atoms with Gasteiger partial charge in [-0.05, 0) is 48.2 Å². The van der Waals surface area contributed by atoms with Crippen molar-refractivity contribution >= 4 is 29.4 Å². The van der Waals surface area contributed by atoms with Crippen molar-refractivity contribution in [1.82, 2.24) is 34.6 Å². The predicted octanol–water partition coefficient (Wildman–Crippen LogP) is 1.71. The number of benzene rings is 1. The molecular weight excluding hydrogens is 425 g/mol. The number of rotatable bonds is 6. The second kappa shape index (κ2) is 8.94. The molecule has 2 amide bonds. The molecule has 1 aliphatic heterocycles. The highest BCUT2D eigenvalue weighted by molar-refractivity contribution is 6.13. The molecule has 1 saturated heterocycles. The predicted molar refractivity (Wildman–Crippen MR) is 111 cm³/mol. The van der Waals surface area contributed by atoms with Crippen LogP contribution < -0.4 is 10.6 Å². The second-order valence-electron chi connectivity index (χ2n) is 7.50. The van der Waals surface area contributed by atoms with E-state index >= 15 is 0 Å². The molecule has 0 saturated carbocycles. The fraction of sp³-hybridized carbons (Fsp3) is 0.350. The van der Waals surface area contributed by atoms with Crippen LogP contribution >= 0.6 is 11.8 Å². The number of nitrogens with one attached hydrogen (secondary N) is 2. The van der Waals surface area contributed by atoms with Gasteiger partial charge in [-0.3, -0.25) is 9.59 Å². The summed E-state index contributed by atoms with van der Waals surface area (Å²) in [6, 6.07) is 5.99. The molecule has 31 heavy (non-hydrogen) atoms. The minimum Gasteiger partial charge on any atom is -0.350 e. The first-order valence-corrected chi connectivity index (χ1v) is 10.2. The minimum absolute atomic E-state index is 0.0392. The lowest BCUT2D eigenvalue weighted by Crippen LogP contribution is -2.32. The van der Waals surface area contributed by atoms with Gasteiger partial charge in [0.25, 0.3) is 17.6 Å². The van der Waals surface area contributed by atoms with Crippen LogP contribution in [0.1, 0.15) is 38.5 Å². The smallest absolute Gasteiger partial charge is 0.270 e. The summed E-state index contributed by atoms with van der Waals surface area (Å²) in [5.41, 5.74) is 1.44. The third-order valence-corrected chi connectivity index (χ3v) is 5.49. The van der Waals surface area contributed by atoms with E-state index in [1.807, 2.05) is 0 Å². The Bertz CT molecular complexity index is 1140. The Morgan fingerprint density at radius 2 is 2.10 bits per heavy atom. The maximum atomic E-state index is 13.4. The molecule has 4 rings (SSSR count). The highest BCUT2D eigenvalue weighted by atomic mass is 35.5. The SMILES string of the molecule is Cc1cc(CNC(=O)c2cc(C(=O)NCC3CCN(Cl)C3)n3ncnc3n2)ccc1F. The lowest BCUT2D eigenvalue weighted by molar-refractivity contribution is 0.0940. The Morgan fingerprint density at radius 3 is 2.84 bits per heavy atom. The summed E-state index contributed by atoms with van der Waals surface area (Å²) in [6.45, 7) is 3.79. The van der Waals surface area contributed by atoms with Gasteiger partial charge in [-0.15, -0.1) is 0 Å². The number of carbonyl (C=O) groups is 2. The zero-order valence-corrected chi connectivity index (χ0v) is 17.6. The lowest BCUT2D eigenvalue weighted by atomic mass is 10.1. The maximum absolute atomic E-state index is 13.4. The van der Waals surface area contributed by atoms with E-state index in [0.717, 1.165) is 18.5 Å². The Kier molecular flexibility index (Phi) is 6.10. The molecule has 1 unspecified atom stereocenters. The van der Waals surface area contributed by atoms with Crippen LogP contribution in [0.2, 0.25) is 0 Å². The van der Waals surface area contributed by atoms with Gasteiger partial charge in [-0.25, -0.2) is 13.8 Å². The average Bonchev–Trinajstić information content (AvgIpc) is 3.40. The second-order valence-corrected chi connectivity index (χ2v) is 7.98. The fourth-order valence-corrected chi connectivity index (χ4v) is 3.75. The zero-order valence-electron chi connectivity index (χ0n) is 16.8. The van der Waals surface area contributed by atoms with Crippen molar-refractivity contribution in [3.63, 3.8) is 0 Å². The molecule has 3 aromatic rings. The number of fused-ring (bicyclic) bond motifs is 1. The maximum Gasteiger partial charge on any atom is 0.270 e. The first-order valence-electron chi connectivity index (χ1n) is 9.83. The summed E-state index contributed by atoms with van der Waals surface area (Å²) in [5, 5.41) is 9.63. The lowest BCUT2D eigenvalue weighted by Gasteiger charge is -2.12. The first-order chi connectivity index (χ1) is 14.9. The van der Waals surface area contributed by atoms with Crippen molar-refractivity contribution in [2.24, 2.45) is 5.92 Å². The van der Waals surface area contributed by atoms with Crippen molar-refractivity contribution < 1.29 is 14.0 Å².